The molecule has 0 saturated carbocycles. The van der Waals surface area contributed by atoms with Gasteiger partial charge in [0.25, 0.3) is 0 Å². The van der Waals surface area contributed by atoms with Crippen LogP contribution in [-0.4, -0.2) is 19.3 Å². The Labute approximate surface area is 168 Å². The highest BCUT2D eigenvalue weighted by Crippen LogP contribution is 2.37. The molecule has 8 heteroatoms. The van der Waals surface area contributed by atoms with Gasteiger partial charge in [0.1, 0.15) is 16.8 Å². The highest BCUT2D eigenvalue weighted by atomic mass is 35.5. The van der Waals surface area contributed by atoms with Crippen LogP contribution in [0.5, 0.6) is 11.5 Å². The molecule has 1 rings (SSSR count). The summed E-state index contributed by atoms with van der Waals surface area (Å²) in [6.07, 6.45) is 7.01. The van der Waals surface area contributed by atoms with Gasteiger partial charge < -0.3 is 9.47 Å². The summed E-state index contributed by atoms with van der Waals surface area (Å²) in [7, 11) is 0. The molecule has 0 aliphatic heterocycles. The van der Waals surface area contributed by atoms with Crippen molar-refractivity contribution in [2.75, 3.05) is 13.2 Å². The lowest BCUT2D eigenvalue weighted by Gasteiger charge is -2.12. The van der Waals surface area contributed by atoms with E-state index in [-0.39, 0.29) is 17.2 Å². The maximum absolute atomic E-state index is 6.19. The van der Waals surface area contributed by atoms with E-state index < -0.39 is 0 Å². The molecule has 0 bridgehead atoms. The van der Waals surface area contributed by atoms with Gasteiger partial charge in [-0.05, 0) is 32.8 Å². The Bertz CT molecular complexity index is 564. The summed E-state index contributed by atoms with van der Waals surface area (Å²) < 4.78 is 11.2. The zero-order valence-corrected chi connectivity index (χ0v) is 17.1. The molecule has 0 heterocycles. The van der Waals surface area contributed by atoms with Crippen LogP contribution < -0.4 is 15.0 Å². The molecule has 0 aromatic heterocycles. The Balaban J connectivity index is 2.40. The van der Waals surface area contributed by atoms with Crippen molar-refractivity contribution in [1.29, 1.82) is 0 Å². The van der Waals surface area contributed by atoms with Crippen molar-refractivity contribution < 1.29 is 14.3 Å². The topological polar surface area (TPSA) is 39.7 Å². The molecule has 0 unspecified atom stereocenters. The fourth-order valence-electron chi connectivity index (χ4n) is 1.64. The maximum Gasteiger partial charge on any atom is 0.156 e. The first-order valence-electron chi connectivity index (χ1n) is 7.72. The van der Waals surface area contributed by atoms with Gasteiger partial charge >= 0.3 is 0 Å². The van der Waals surface area contributed by atoms with E-state index in [4.69, 9.17) is 60.7 Å². The Morgan fingerprint density at radius 2 is 1.84 bits per heavy atom. The summed E-state index contributed by atoms with van der Waals surface area (Å²) >= 11 is 23.4. The molecule has 1 aromatic rings. The Hall–Kier alpha value is -0.780. The van der Waals surface area contributed by atoms with Gasteiger partial charge in [-0.25, -0.2) is 0 Å². The Morgan fingerprint density at radius 3 is 2.44 bits per heavy atom. The molecule has 0 saturated heterocycles. The molecule has 4 nitrogen and oxygen atoms in total. The van der Waals surface area contributed by atoms with E-state index in [0.29, 0.717) is 28.2 Å². The molecule has 140 valence electrons. The molecule has 0 atom stereocenters. The lowest BCUT2D eigenvalue weighted by Crippen LogP contribution is -2.13. The maximum atomic E-state index is 6.19. The van der Waals surface area contributed by atoms with Crippen LogP contribution in [0.1, 0.15) is 26.7 Å². The third-order valence-electron chi connectivity index (χ3n) is 2.71. The lowest BCUT2D eigenvalue weighted by atomic mass is 10.3. The van der Waals surface area contributed by atoms with Gasteiger partial charge in [-0.3, -0.25) is 10.3 Å². The van der Waals surface area contributed by atoms with Crippen molar-refractivity contribution in [2.24, 2.45) is 0 Å². The van der Waals surface area contributed by atoms with Gasteiger partial charge in [0.2, 0.25) is 0 Å². The molecule has 25 heavy (non-hydrogen) atoms. The number of rotatable bonds is 11. The third kappa shape index (κ3) is 10.1. The number of unbranched alkanes of at least 4 members (excludes halogenated alkanes) is 1. The monoisotopic (exact) mass is 427 g/mol. The van der Waals surface area contributed by atoms with Crippen LogP contribution in [0.3, 0.4) is 0 Å². The van der Waals surface area contributed by atoms with Gasteiger partial charge in [-0.1, -0.05) is 52.5 Å². The summed E-state index contributed by atoms with van der Waals surface area (Å²) in [6, 6.07) is 3.26. The average Bonchev–Trinajstić information content (AvgIpc) is 2.51. The van der Waals surface area contributed by atoms with E-state index in [2.05, 4.69) is 5.48 Å². The average molecular weight is 429 g/mol. The third-order valence-corrected chi connectivity index (χ3v) is 3.58. The van der Waals surface area contributed by atoms with Gasteiger partial charge in [-0.2, -0.15) is 0 Å². The molecular weight excluding hydrogens is 408 g/mol. The van der Waals surface area contributed by atoms with Crippen molar-refractivity contribution in [3.63, 3.8) is 0 Å². The number of halogens is 4. The van der Waals surface area contributed by atoms with Crippen LogP contribution in [-0.2, 0) is 4.84 Å². The number of nitrogens with one attached hydrogen (secondary N) is 1. The summed E-state index contributed by atoms with van der Waals surface area (Å²) in [5.41, 5.74) is 2.74. The number of hydroxylamine groups is 1. The molecule has 0 fully saturated rings. The number of benzene rings is 1. The van der Waals surface area contributed by atoms with Gasteiger partial charge in [-0.15, -0.1) is 0 Å². The second kappa shape index (κ2) is 12.6. The number of allylic oxidation sites excluding steroid dienone is 1. The van der Waals surface area contributed by atoms with Crippen LogP contribution in [0, 0.1) is 0 Å². The minimum absolute atomic E-state index is 0.132. The molecule has 0 spiro atoms. The minimum Gasteiger partial charge on any atom is -0.490 e. The molecule has 0 radical (unpaired) electrons. The summed E-state index contributed by atoms with van der Waals surface area (Å²) in [5, 5.41) is 0.761. The first-order valence-corrected chi connectivity index (χ1v) is 9.23. The normalized spacial score (nSPS) is 11.0. The molecule has 1 aromatic carbocycles. The zero-order valence-electron chi connectivity index (χ0n) is 14.0. The predicted molar refractivity (Wildman–Crippen MR) is 105 cm³/mol. The number of ether oxygens (including phenoxy) is 2. The highest BCUT2D eigenvalue weighted by Gasteiger charge is 2.10. The first-order chi connectivity index (χ1) is 11.9. The Morgan fingerprint density at radius 1 is 1.16 bits per heavy atom. The second-order valence-electron chi connectivity index (χ2n) is 5.20. The lowest BCUT2D eigenvalue weighted by molar-refractivity contribution is 0.0210. The summed E-state index contributed by atoms with van der Waals surface area (Å²) in [6.45, 7) is 4.60. The number of hydrogen-bond acceptors (Lipinski definition) is 4. The van der Waals surface area contributed by atoms with Crippen molar-refractivity contribution in [3.05, 3.63) is 45.0 Å². The second-order valence-corrected chi connectivity index (χ2v) is 7.02. The van der Waals surface area contributed by atoms with Gasteiger partial charge in [0.15, 0.2) is 5.75 Å². The summed E-state index contributed by atoms with van der Waals surface area (Å²) in [5.74, 6) is 0.944. The van der Waals surface area contributed by atoms with Crippen molar-refractivity contribution >= 4 is 46.4 Å². The largest absolute Gasteiger partial charge is 0.490 e. The van der Waals surface area contributed by atoms with Crippen LogP contribution in [0.2, 0.25) is 10.0 Å². The smallest absolute Gasteiger partial charge is 0.156 e. The highest BCUT2D eigenvalue weighted by molar-refractivity contribution is 6.55. The van der Waals surface area contributed by atoms with Crippen molar-refractivity contribution in [2.45, 2.75) is 32.8 Å². The molecule has 0 aliphatic carbocycles. The summed E-state index contributed by atoms with van der Waals surface area (Å²) in [4.78, 5) is 5.17. The predicted octanol–water partition coefficient (Wildman–Crippen LogP) is 6.29. The molecule has 1 N–H and O–H groups in total. The van der Waals surface area contributed by atoms with Crippen molar-refractivity contribution in [3.8, 4) is 11.5 Å². The zero-order chi connectivity index (χ0) is 18.7. The van der Waals surface area contributed by atoms with E-state index in [9.17, 15) is 0 Å². The fraction of sp³-hybridized carbons (Fsp3) is 0.412. The fourth-order valence-corrected chi connectivity index (χ4v) is 2.34. The van der Waals surface area contributed by atoms with Gasteiger partial charge in [0, 0.05) is 18.3 Å². The van der Waals surface area contributed by atoms with E-state index in [0.717, 1.165) is 12.8 Å². The molecule has 0 aliphatic rings. The standard InChI is InChI=1S/C17H21Cl4NO3/c1-12(2)25-22-7-4-3-5-8-24-17-14(18)10-13(11-15(17)19)23-9-6-16(20)21/h4,6-7,10-12,22H,3,5,8-9H2,1-2H3. The SMILES string of the molecule is CC(C)ONC=CCCCOc1c(Cl)cc(OCC=C(Cl)Cl)cc1Cl. The first kappa shape index (κ1) is 22.3. The van der Waals surface area contributed by atoms with E-state index in [1.807, 2.05) is 19.9 Å². The number of hydrogen-bond donors (Lipinski definition) is 1. The Kier molecular flexibility index (Phi) is 11.2. The minimum atomic E-state index is 0.132. The van der Waals surface area contributed by atoms with Crippen LogP contribution in [0.15, 0.2) is 35.0 Å². The van der Waals surface area contributed by atoms with E-state index >= 15 is 0 Å². The van der Waals surface area contributed by atoms with Crippen LogP contribution in [0.4, 0.5) is 0 Å². The molecular formula is C17H21Cl4NO3. The van der Waals surface area contributed by atoms with Crippen molar-refractivity contribution in [1.82, 2.24) is 5.48 Å². The molecule has 0 amide bonds. The van der Waals surface area contributed by atoms with E-state index in [1.54, 1.807) is 18.3 Å². The van der Waals surface area contributed by atoms with Crippen LogP contribution >= 0.6 is 46.4 Å². The quantitative estimate of drug-likeness (QED) is 0.332. The van der Waals surface area contributed by atoms with E-state index in [1.165, 1.54) is 6.08 Å². The van der Waals surface area contributed by atoms with Gasteiger partial charge in [0.05, 0.1) is 22.8 Å². The van der Waals surface area contributed by atoms with Crippen LogP contribution in [0.25, 0.3) is 0 Å².